The molecule has 0 spiro atoms. The van der Waals surface area contributed by atoms with Gasteiger partial charge in [0, 0.05) is 28.3 Å². The number of hydrogen-bond donors (Lipinski definition) is 0. The van der Waals surface area contributed by atoms with Gasteiger partial charge in [-0.2, -0.15) is 0 Å². The van der Waals surface area contributed by atoms with Crippen molar-refractivity contribution in [2.75, 3.05) is 11.5 Å². The molecule has 0 heterocycles. The van der Waals surface area contributed by atoms with Gasteiger partial charge in [0.25, 0.3) is 0 Å². The first kappa shape index (κ1) is 48.1. The van der Waals surface area contributed by atoms with E-state index >= 15 is 0 Å². The highest BCUT2D eigenvalue weighted by Gasteiger charge is 2.12. The number of esters is 2. The molecule has 0 unspecified atom stereocenters. The van der Waals surface area contributed by atoms with E-state index in [0.717, 1.165) is 34.0 Å². The summed E-state index contributed by atoms with van der Waals surface area (Å²) < 4.78 is 11.2. The maximum absolute atomic E-state index is 13.0. The number of rotatable bonds is 28. The molecule has 0 saturated heterocycles. The lowest BCUT2D eigenvalue weighted by atomic mass is 10.1. The van der Waals surface area contributed by atoms with E-state index in [9.17, 15) is 9.59 Å². The lowest BCUT2D eigenvalue weighted by Gasteiger charge is -2.08. The average Bonchev–Trinajstić information content (AvgIpc) is 3.30. The summed E-state index contributed by atoms with van der Waals surface area (Å²) in [5.74, 6) is 1.80. The van der Waals surface area contributed by atoms with Crippen molar-refractivity contribution < 1.29 is 19.1 Å². The van der Waals surface area contributed by atoms with Crippen molar-refractivity contribution in [2.24, 2.45) is 9.98 Å². The van der Waals surface area contributed by atoms with Crippen LogP contribution in [0.1, 0.15) is 148 Å². The van der Waals surface area contributed by atoms with Crippen LogP contribution in [-0.4, -0.2) is 35.9 Å². The van der Waals surface area contributed by atoms with E-state index < -0.39 is 11.9 Å². The molecule has 0 atom stereocenters. The number of unbranched alkanes of at least 4 members (excludes halogenated alkanes) is 14. The summed E-state index contributed by atoms with van der Waals surface area (Å²) in [7, 11) is 0. The van der Waals surface area contributed by atoms with Gasteiger partial charge in [-0.25, -0.2) is 9.59 Å². The van der Waals surface area contributed by atoms with Gasteiger partial charge >= 0.3 is 11.9 Å². The van der Waals surface area contributed by atoms with Crippen LogP contribution in [0.2, 0.25) is 0 Å². The van der Waals surface area contributed by atoms with Crippen molar-refractivity contribution in [1.82, 2.24) is 0 Å². The Morgan fingerprint density at radius 3 is 1.18 bits per heavy atom. The van der Waals surface area contributed by atoms with Gasteiger partial charge < -0.3 is 9.47 Å². The first-order valence-corrected chi connectivity index (χ1v) is 24.7. The number of benzene rings is 5. The number of nitrogens with zero attached hydrogens (tertiary/aromatic N) is 2. The molecular formula is C54H64N2O4S2. The molecule has 0 aromatic heterocycles. The molecule has 62 heavy (non-hydrogen) atoms. The van der Waals surface area contributed by atoms with E-state index in [4.69, 9.17) is 9.47 Å². The molecule has 0 saturated carbocycles. The van der Waals surface area contributed by atoms with Crippen LogP contribution < -0.4 is 9.47 Å². The second-order valence-corrected chi connectivity index (χ2v) is 18.0. The molecule has 0 aliphatic carbocycles. The first-order chi connectivity index (χ1) is 30.5. The molecule has 5 aromatic rings. The molecule has 326 valence electrons. The summed E-state index contributed by atoms with van der Waals surface area (Å²) in [6.45, 7) is 4.53. The van der Waals surface area contributed by atoms with Crippen molar-refractivity contribution >= 4 is 59.3 Å². The highest BCUT2D eigenvalue weighted by Crippen LogP contribution is 2.26. The third-order valence-electron chi connectivity index (χ3n) is 10.5. The molecule has 0 fully saturated rings. The highest BCUT2D eigenvalue weighted by atomic mass is 32.2. The van der Waals surface area contributed by atoms with Crippen LogP contribution >= 0.6 is 23.5 Å². The van der Waals surface area contributed by atoms with Crippen molar-refractivity contribution in [1.29, 1.82) is 0 Å². The normalized spacial score (nSPS) is 11.4. The number of thioether (sulfide) groups is 2. The minimum Gasteiger partial charge on any atom is -0.423 e. The molecule has 0 radical (unpaired) electrons. The fourth-order valence-electron chi connectivity index (χ4n) is 6.75. The van der Waals surface area contributed by atoms with Crippen molar-refractivity contribution in [2.45, 2.75) is 126 Å². The Morgan fingerprint density at radius 1 is 0.452 bits per heavy atom. The zero-order chi connectivity index (χ0) is 43.5. The van der Waals surface area contributed by atoms with Gasteiger partial charge in [-0.1, -0.05) is 134 Å². The number of ether oxygens (including phenoxy) is 2. The van der Waals surface area contributed by atoms with Crippen molar-refractivity contribution in [3.8, 4) is 11.5 Å². The smallest absolute Gasteiger partial charge is 0.343 e. The largest absolute Gasteiger partial charge is 0.423 e. The van der Waals surface area contributed by atoms with Crippen LogP contribution in [-0.2, 0) is 0 Å². The highest BCUT2D eigenvalue weighted by molar-refractivity contribution is 7.99. The molecule has 0 aliphatic rings. The predicted molar refractivity (Wildman–Crippen MR) is 263 cm³/mol. The number of hydrogen-bond acceptors (Lipinski definition) is 8. The summed E-state index contributed by atoms with van der Waals surface area (Å²) in [5.41, 5.74) is 4.28. The lowest BCUT2D eigenvalue weighted by Crippen LogP contribution is -2.10. The Morgan fingerprint density at radius 2 is 0.806 bits per heavy atom. The van der Waals surface area contributed by atoms with Gasteiger partial charge in [0.05, 0.1) is 22.5 Å². The summed E-state index contributed by atoms with van der Waals surface area (Å²) in [4.78, 5) is 37.7. The maximum Gasteiger partial charge on any atom is 0.343 e. The van der Waals surface area contributed by atoms with Gasteiger partial charge in [-0.15, -0.1) is 23.5 Å². The Hall–Kier alpha value is -4.92. The molecule has 0 N–H and O–H groups in total. The third kappa shape index (κ3) is 18.6. The van der Waals surface area contributed by atoms with Crippen LogP contribution in [0.3, 0.4) is 0 Å². The van der Waals surface area contributed by atoms with Gasteiger partial charge in [-0.05, 0) is 120 Å². The molecule has 8 heteroatoms. The lowest BCUT2D eigenvalue weighted by molar-refractivity contribution is 0.0733. The minimum atomic E-state index is -0.516. The van der Waals surface area contributed by atoms with E-state index in [-0.39, 0.29) is 11.5 Å². The summed E-state index contributed by atoms with van der Waals surface area (Å²) in [5, 5.41) is 0. The molecule has 0 amide bonds. The SMILES string of the molecule is CCCCCCCCCCSc1ccc(N=Cc2ccc(C(=O)Oc3cccc(OC(=O)c4ccc(C=Nc5ccc(SCCCCCCCCCC)cc5)cc4)c3)cc2)cc1. The monoisotopic (exact) mass is 868 g/mol. The Kier molecular flexibility index (Phi) is 22.2. The van der Waals surface area contributed by atoms with Crippen LogP contribution in [0.15, 0.2) is 141 Å². The standard InChI is InChI=1S/C54H64N2O4S2/c1-3-5-7-9-11-13-15-17-38-61-51-34-30-47(31-35-51)55-41-43-22-26-45(27-23-43)53(57)59-49-20-19-21-50(40-49)60-54(58)46-28-24-44(25-29-46)42-56-48-32-36-52(37-33-48)62-39-18-16-14-12-10-8-6-4-2/h19-37,40-42H,3-18,38-39H2,1-2H3. The van der Waals surface area contributed by atoms with E-state index in [1.165, 1.54) is 119 Å². The Balaban J connectivity index is 1.00. The minimum absolute atomic E-state index is 0.270. The number of carbonyl (C=O) groups excluding carboxylic acids is 2. The quantitative estimate of drug-likeness (QED) is 0.0164. The average molecular weight is 869 g/mol. The second-order valence-electron chi connectivity index (χ2n) is 15.6. The van der Waals surface area contributed by atoms with Crippen LogP contribution in [0, 0.1) is 0 Å². The molecular weight excluding hydrogens is 805 g/mol. The Labute approximate surface area is 379 Å². The second kappa shape index (κ2) is 28.6. The summed E-state index contributed by atoms with van der Waals surface area (Å²) in [6, 6.07) is 37.3. The topological polar surface area (TPSA) is 77.3 Å². The molecule has 5 aromatic carbocycles. The molecule has 5 rings (SSSR count). The molecule has 0 bridgehead atoms. The predicted octanol–water partition coefficient (Wildman–Crippen LogP) is 16.1. The van der Waals surface area contributed by atoms with Gasteiger partial charge in [0.2, 0.25) is 0 Å². The van der Waals surface area contributed by atoms with E-state index in [2.05, 4.69) is 48.1 Å². The van der Waals surface area contributed by atoms with Gasteiger partial charge in [0.1, 0.15) is 11.5 Å². The van der Waals surface area contributed by atoms with Crippen LogP contribution in [0.25, 0.3) is 0 Å². The van der Waals surface area contributed by atoms with E-state index in [1.807, 2.05) is 72.1 Å². The molecule has 0 aliphatic heterocycles. The van der Waals surface area contributed by atoms with Crippen LogP contribution in [0.4, 0.5) is 11.4 Å². The zero-order valence-corrected chi connectivity index (χ0v) is 38.4. The van der Waals surface area contributed by atoms with Gasteiger partial charge in [0.15, 0.2) is 0 Å². The van der Waals surface area contributed by atoms with Crippen molar-refractivity contribution in [3.05, 3.63) is 144 Å². The Bertz CT molecular complexity index is 1950. The summed E-state index contributed by atoms with van der Waals surface area (Å²) >= 11 is 3.81. The zero-order valence-electron chi connectivity index (χ0n) is 36.8. The fourth-order valence-corrected chi connectivity index (χ4v) is 8.58. The van der Waals surface area contributed by atoms with Gasteiger partial charge in [-0.3, -0.25) is 9.98 Å². The third-order valence-corrected chi connectivity index (χ3v) is 12.6. The number of carbonyl (C=O) groups is 2. The van der Waals surface area contributed by atoms with Crippen LogP contribution in [0.5, 0.6) is 11.5 Å². The summed E-state index contributed by atoms with van der Waals surface area (Å²) in [6.07, 6.45) is 25.0. The first-order valence-electron chi connectivity index (χ1n) is 22.8. The maximum atomic E-state index is 13.0. The molecule has 6 nitrogen and oxygen atoms in total. The number of aliphatic imine (C=N–C) groups is 2. The fraction of sp³-hybridized carbons (Fsp3) is 0.370. The van der Waals surface area contributed by atoms with E-state index in [1.54, 1.807) is 54.9 Å². The van der Waals surface area contributed by atoms with E-state index in [0.29, 0.717) is 11.1 Å². The van der Waals surface area contributed by atoms with Crippen molar-refractivity contribution in [3.63, 3.8) is 0 Å².